The van der Waals surface area contributed by atoms with Crippen molar-refractivity contribution in [1.29, 1.82) is 0 Å². The monoisotopic (exact) mass is 279 g/mol. The molecule has 0 spiro atoms. The maximum absolute atomic E-state index is 11.4. The summed E-state index contributed by atoms with van der Waals surface area (Å²) in [7, 11) is 0. The molecule has 0 bridgehead atoms. The van der Waals surface area contributed by atoms with E-state index in [1.165, 1.54) is 15.3 Å². The number of imidazole rings is 1. The van der Waals surface area contributed by atoms with E-state index in [2.05, 4.69) is 4.98 Å². The Kier molecular flexibility index (Phi) is 3.96. The predicted molar refractivity (Wildman–Crippen MR) is 70.7 cm³/mol. The van der Waals surface area contributed by atoms with Crippen molar-refractivity contribution in [1.82, 2.24) is 14.1 Å². The largest absolute Gasteiger partial charge is 0.493 e. The lowest BCUT2D eigenvalue weighted by atomic mass is 10.4. The number of carbonyl (C=O) groups excluding carboxylic acids is 1. The van der Waals surface area contributed by atoms with Gasteiger partial charge in [-0.05, 0) is 31.3 Å². The van der Waals surface area contributed by atoms with Crippen molar-refractivity contribution in [3.8, 4) is 11.7 Å². The molecule has 0 saturated heterocycles. The van der Waals surface area contributed by atoms with Gasteiger partial charge in [-0.25, -0.2) is 9.55 Å². The van der Waals surface area contributed by atoms with E-state index in [1.54, 1.807) is 31.3 Å². The van der Waals surface area contributed by atoms with E-state index >= 15 is 0 Å². The number of rotatable bonds is 4. The first kappa shape index (κ1) is 13.3. The topological polar surface area (TPSA) is 69.3 Å². The van der Waals surface area contributed by atoms with E-state index < -0.39 is 5.97 Å². The van der Waals surface area contributed by atoms with Gasteiger partial charge in [0.25, 0.3) is 0 Å². The van der Waals surface area contributed by atoms with Gasteiger partial charge in [-0.1, -0.05) is 6.07 Å². The van der Waals surface area contributed by atoms with Gasteiger partial charge in [0, 0.05) is 6.20 Å². The molecular formula is C12H13N3O3S. The van der Waals surface area contributed by atoms with Gasteiger partial charge in [-0.15, -0.1) is 0 Å². The second-order valence-electron chi connectivity index (χ2n) is 3.73. The number of carbonyl (C=O) groups is 1. The van der Waals surface area contributed by atoms with E-state index in [-0.39, 0.29) is 17.2 Å². The maximum Gasteiger partial charge on any atom is 0.326 e. The fourth-order valence-corrected chi connectivity index (χ4v) is 1.94. The maximum atomic E-state index is 11.4. The van der Waals surface area contributed by atoms with Gasteiger partial charge in [0.2, 0.25) is 5.88 Å². The first-order valence-electron chi connectivity index (χ1n) is 5.71. The SMILES string of the molecule is CCOC(=O)Cn1cc(O)n(-c2ccccn2)c1=S. The number of hydrogen-bond donors (Lipinski definition) is 1. The normalized spacial score (nSPS) is 10.4. The minimum atomic E-state index is -0.406. The van der Waals surface area contributed by atoms with Crippen molar-refractivity contribution >= 4 is 18.2 Å². The van der Waals surface area contributed by atoms with Crippen molar-refractivity contribution in [2.75, 3.05) is 6.61 Å². The minimum absolute atomic E-state index is 0.0416. The molecule has 6 nitrogen and oxygen atoms in total. The zero-order valence-electron chi connectivity index (χ0n) is 10.3. The van der Waals surface area contributed by atoms with Crippen LogP contribution in [-0.4, -0.2) is 31.8 Å². The molecule has 2 rings (SSSR count). The summed E-state index contributed by atoms with van der Waals surface area (Å²) in [4.78, 5) is 15.5. The molecule has 1 N–H and O–H groups in total. The average Bonchev–Trinajstić information content (AvgIpc) is 2.66. The van der Waals surface area contributed by atoms with Crippen LogP contribution in [0, 0.1) is 4.77 Å². The van der Waals surface area contributed by atoms with Crippen LogP contribution in [-0.2, 0) is 16.1 Å². The van der Waals surface area contributed by atoms with Crippen LogP contribution in [0.15, 0.2) is 30.6 Å². The smallest absolute Gasteiger partial charge is 0.326 e. The third kappa shape index (κ3) is 2.82. The Balaban J connectivity index is 2.36. The zero-order valence-corrected chi connectivity index (χ0v) is 11.1. The number of esters is 1. The highest BCUT2D eigenvalue weighted by Gasteiger charge is 2.12. The first-order valence-corrected chi connectivity index (χ1v) is 6.12. The number of aromatic nitrogens is 3. The van der Waals surface area contributed by atoms with Crippen LogP contribution in [0.5, 0.6) is 5.88 Å². The van der Waals surface area contributed by atoms with Crippen LogP contribution in [0.3, 0.4) is 0 Å². The lowest BCUT2D eigenvalue weighted by molar-refractivity contribution is -0.143. The highest BCUT2D eigenvalue weighted by atomic mass is 32.1. The number of pyridine rings is 1. The fraction of sp³-hybridized carbons (Fsp3) is 0.250. The number of ether oxygens (including phenoxy) is 1. The Morgan fingerprint density at radius 3 is 2.95 bits per heavy atom. The lowest BCUT2D eigenvalue weighted by Crippen LogP contribution is -2.13. The zero-order chi connectivity index (χ0) is 13.8. The molecule has 0 aliphatic carbocycles. The molecule has 0 aliphatic rings. The van der Waals surface area contributed by atoms with Crippen LogP contribution >= 0.6 is 12.2 Å². The van der Waals surface area contributed by atoms with Crippen molar-refractivity contribution in [2.24, 2.45) is 0 Å². The van der Waals surface area contributed by atoms with Crippen molar-refractivity contribution in [3.05, 3.63) is 35.4 Å². The molecule has 0 radical (unpaired) electrons. The molecule has 100 valence electrons. The highest BCUT2D eigenvalue weighted by Crippen LogP contribution is 2.17. The fourth-order valence-electron chi connectivity index (χ4n) is 1.64. The Morgan fingerprint density at radius 1 is 1.53 bits per heavy atom. The Bertz CT molecular complexity index is 633. The molecule has 0 atom stereocenters. The number of nitrogens with zero attached hydrogens (tertiary/aromatic N) is 3. The summed E-state index contributed by atoms with van der Waals surface area (Å²) in [6.45, 7) is 1.99. The Labute approximate surface area is 114 Å². The first-order chi connectivity index (χ1) is 9.13. The highest BCUT2D eigenvalue weighted by molar-refractivity contribution is 7.71. The summed E-state index contributed by atoms with van der Waals surface area (Å²) < 4.78 is 7.95. The molecule has 2 aromatic rings. The van der Waals surface area contributed by atoms with Crippen molar-refractivity contribution in [3.63, 3.8) is 0 Å². The summed E-state index contributed by atoms with van der Waals surface area (Å²) >= 11 is 5.22. The minimum Gasteiger partial charge on any atom is -0.493 e. The summed E-state index contributed by atoms with van der Waals surface area (Å²) in [5.74, 6) is 0.0115. The summed E-state index contributed by atoms with van der Waals surface area (Å²) in [6, 6.07) is 5.26. The molecule has 0 saturated carbocycles. The standard InChI is InChI=1S/C12H13N3O3S/c1-2-18-11(17)8-14-7-10(16)15(12(14)19)9-5-3-4-6-13-9/h3-7,16H,2,8H2,1H3. The lowest BCUT2D eigenvalue weighted by Gasteiger charge is -2.03. The van der Waals surface area contributed by atoms with E-state index in [0.29, 0.717) is 12.4 Å². The van der Waals surface area contributed by atoms with Crippen LogP contribution in [0.25, 0.3) is 5.82 Å². The van der Waals surface area contributed by atoms with E-state index in [4.69, 9.17) is 17.0 Å². The van der Waals surface area contributed by atoms with Gasteiger partial charge in [-0.2, -0.15) is 0 Å². The molecule has 19 heavy (non-hydrogen) atoms. The number of aromatic hydroxyl groups is 1. The second-order valence-corrected chi connectivity index (χ2v) is 4.09. The van der Waals surface area contributed by atoms with E-state index in [1.807, 2.05) is 0 Å². The van der Waals surface area contributed by atoms with Crippen molar-refractivity contribution in [2.45, 2.75) is 13.5 Å². The van der Waals surface area contributed by atoms with E-state index in [0.717, 1.165) is 0 Å². The molecule has 2 aromatic heterocycles. The van der Waals surface area contributed by atoms with Crippen LogP contribution < -0.4 is 0 Å². The Hall–Kier alpha value is -2.15. The second kappa shape index (κ2) is 5.66. The van der Waals surface area contributed by atoms with Gasteiger partial charge in [-0.3, -0.25) is 4.79 Å². The quantitative estimate of drug-likeness (QED) is 0.681. The summed E-state index contributed by atoms with van der Waals surface area (Å²) in [5.41, 5.74) is 0. The Morgan fingerprint density at radius 2 is 2.32 bits per heavy atom. The molecule has 0 aliphatic heterocycles. The summed E-state index contributed by atoms with van der Waals surface area (Å²) in [5, 5.41) is 9.89. The third-order valence-electron chi connectivity index (χ3n) is 2.42. The van der Waals surface area contributed by atoms with Gasteiger partial charge >= 0.3 is 5.97 Å². The van der Waals surface area contributed by atoms with Gasteiger partial charge in [0.05, 0.1) is 12.8 Å². The van der Waals surface area contributed by atoms with Gasteiger partial charge in [0.15, 0.2) is 4.77 Å². The average molecular weight is 279 g/mol. The molecular weight excluding hydrogens is 266 g/mol. The number of hydrogen-bond acceptors (Lipinski definition) is 5. The molecule has 0 amide bonds. The van der Waals surface area contributed by atoms with Crippen LogP contribution in [0.2, 0.25) is 0 Å². The third-order valence-corrected chi connectivity index (χ3v) is 2.84. The molecule has 0 unspecified atom stereocenters. The summed E-state index contributed by atoms with van der Waals surface area (Å²) in [6.07, 6.45) is 2.98. The molecule has 0 fully saturated rings. The molecule has 2 heterocycles. The van der Waals surface area contributed by atoms with E-state index in [9.17, 15) is 9.90 Å². The van der Waals surface area contributed by atoms with Crippen LogP contribution in [0.4, 0.5) is 0 Å². The van der Waals surface area contributed by atoms with Gasteiger partial charge in [0.1, 0.15) is 12.4 Å². The van der Waals surface area contributed by atoms with Crippen LogP contribution in [0.1, 0.15) is 6.92 Å². The van der Waals surface area contributed by atoms with Crippen molar-refractivity contribution < 1.29 is 14.6 Å². The van der Waals surface area contributed by atoms with Gasteiger partial charge < -0.3 is 14.4 Å². The molecule has 0 aromatic carbocycles. The molecule has 7 heteroatoms. The predicted octanol–water partition coefficient (Wildman–Crippen LogP) is 1.67.